The molecule has 0 rings (SSSR count). The molecule has 0 saturated carbocycles. The quantitative estimate of drug-likeness (QED) is 0.453. The first-order valence-electron chi connectivity index (χ1n) is 6.56. The van der Waals surface area contributed by atoms with E-state index in [9.17, 15) is 0 Å². The Balaban J connectivity index is 3.68. The minimum atomic E-state index is 0.930. The van der Waals surface area contributed by atoms with Crippen LogP contribution < -0.4 is 0 Å². The van der Waals surface area contributed by atoms with Crippen LogP contribution in [0.15, 0.2) is 0 Å². The molecule has 0 nitrogen and oxygen atoms in total. The van der Waals surface area contributed by atoms with Crippen molar-refractivity contribution < 1.29 is 0 Å². The standard InChI is InChI=1S/C14H22S4/c1-3-11(15)5-7-13(17)9-10-14(18)8-6-12(16)4-2/h3-10H2,1-2H3. The predicted molar refractivity (Wildman–Crippen MR) is 98.7 cm³/mol. The Morgan fingerprint density at radius 3 is 0.944 bits per heavy atom. The molecule has 0 aromatic rings. The van der Waals surface area contributed by atoms with E-state index in [4.69, 9.17) is 48.9 Å². The smallest absolute Gasteiger partial charge is 0.00645 e. The van der Waals surface area contributed by atoms with E-state index in [0.29, 0.717) is 0 Å². The molecule has 0 radical (unpaired) electrons. The zero-order chi connectivity index (χ0) is 14.0. The molecule has 4 heteroatoms. The number of thiocarbonyl (C=S) groups is 4. The normalized spacial score (nSPS) is 10.1. The van der Waals surface area contributed by atoms with Gasteiger partial charge in [-0.1, -0.05) is 62.7 Å². The molecule has 0 atom stereocenters. The SMILES string of the molecule is CCC(=S)CCC(=S)CCC(=S)CCC(=S)CC. The molecule has 0 aliphatic carbocycles. The van der Waals surface area contributed by atoms with Gasteiger partial charge in [0.15, 0.2) is 0 Å². The summed E-state index contributed by atoms with van der Waals surface area (Å²) in [5.41, 5.74) is 0. The molecule has 0 aromatic carbocycles. The van der Waals surface area contributed by atoms with Crippen molar-refractivity contribution in [2.45, 2.75) is 65.2 Å². The third-order valence-electron chi connectivity index (χ3n) is 2.84. The number of hydrogen-bond donors (Lipinski definition) is 0. The molecule has 0 unspecified atom stereocenters. The highest BCUT2D eigenvalue weighted by atomic mass is 32.1. The first-order valence-corrected chi connectivity index (χ1v) is 8.19. The summed E-state index contributed by atoms with van der Waals surface area (Å²) >= 11 is 21.1. The first kappa shape index (κ1) is 18.4. The Morgan fingerprint density at radius 2 is 0.722 bits per heavy atom. The zero-order valence-corrected chi connectivity index (χ0v) is 14.6. The fraction of sp³-hybridized carbons (Fsp3) is 0.714. The molecule has 0 aliphatic rings. The van der Waals surface area contributed by atoms with Crippen LogP contribution in [0.1, 0.15) is 65.2 Å². The van der Waals surface area contributed by atoms with E-state index in [0.717, 1.165) is 70.8 Å². The Bertz CT molecular complexity index is 286. The number of rotatable bonds is 11. The molecule has 0 saturated heterocycles. The van der Waals surface area contributed by atoms with Gasteiger partial charge in [0, 0.05) is 0 Å². The van der Waals surface area contributed by atoms with Crippen molar-refractivity contribution in [1.29, 1.82) is 0 Å². The summed E-state index contributed by atoms with van der Waals surface area (Å²) < 4.78 is 0. The van der Waals surface area contributed by atoms with Gasteiger partial charge in [-0.3, -0.25) is 0 Å². The highest BCUT2D eigenvalue weighted by Crippen LogP contribution is 2.09. The van der Waals surface area contributed by atoms with Crippen molar-refractivity contribution in [3.8, 4) is 0 Å². The lowest BCUT2D eigenvalue weighted by Crippen LogP contribution is -2.04. The molecule has 0 spiro atoms. The number of hydrogen-bond acceptors (Lipinski definition) is 4. The summed E-state index contributed by atoms with van der Waals surface area (Å²) in [5.74, 6) is 0. The van der Waals surface area contributed by atoms with Crippen LogP contribution in [0.3, 0.4) is 0 Å². The van der Waals surface area contributed by atoms with Crippen LogP contribution in [-0.2, 0) is 0 Å². The van der Waals surface area contributed by atoms with E-state index in [1.807, 2.05) is 0 Å². The predicted octanol–water partition coefficient (Wildman–Crippen LogP) is 5.63. The fourth-order valence-electron chi connectivity index (χ4n) is 1.44. The van der Waals surface area contributed by atoms with Gasteiger partial charge in [0.25, 0.3) is 0 Å². The van der Waals surface area contributed by atoms with Gasteiger partial charge in [-0.25, -0.2) is 0 Å². The van der Waals surface area contributed by atoms with Crippen molar-refractivity contribution >= 4 is 68.3 Å². The highest BCUT2D eigenvalue weighted by molar-refractivity contribution is 7.81. The second kappa shape index (κ2) is 11.2. The van der Waals surface area contributed by atoms with Gasteiger partial charge in [0.2, 0.25) is 0 Å². The Labute approximate surface area is 133 Å². The minimum absolute atomic E-state index is 0.930. The first-order chi connectivity index (χ1) is 8.49. The summed E-state index contributed by atoms with van der Waals surface area (Å²) in [6.07, 6.45) is 7.61. The van der Waals surface area contributed by atoms with E-state index in [1.54, 1.807) is 0 Å². The van der Waals surface area contributed by atoms with Gasteiger partial charge in [-0.15, -0.1) is 0 Å². The van der Waals surface area contributed by atoms with Crippen molar-refractivity contribution in [3.63, 3.8) is 0 Å². The van der Waals surface area contributed by atoms with Gasteiger partial charge < -0.3 is 0 Å². The lowest BCUT2D eigenvalue weighted by Gasteiger charge is -2.06. The van der Waals surface area contributed by atoms with Gasteiger partial charge in [-0.2, -0.15) is 0 Å². The van der Waals surface area contributed by atoms with E-state index >= 15 is 0 Å². The highest BCUT2D eigenvalue weighted by Gasteiger charge is 2.04. The fourth-order valence-corrected chi connectivity index (χ4v) is 2.05. The summed E-state index contributed by atoms with van der Waals surface area (Å²) in [6, 6.07) is 0. The van der Waals surface area contributed by atoms with Crippen LogP contribution in [-0.4, -0.2) is 19.5 Å². The van der Waals surface area contributed by atoms with Crippen LogP contribution in [0.2, 0.25) is 0 Å². The molecule has 0 aromatic heterocycles. The van der Waals surface area contributed by atoms with Crippen molar-refractivity contribution in [1.82, 2.24) is 0 Å². The van der Waals surface area contributed by atoms with Gasteiger partial charge in [0.1, 0.15) is 0 Å². The summed E-state index contributed by atoms with van der Waals surface area (Å²) in [5, 5.41) is 0. The van der Waals surface area contributed by atoms with Crippen molar-refractivity contribution in [3.05, 3.63) is 0 Å². The minimum Gasteiger partial charge on any atom is -0.0897 e. The third kappa shape index (κ3) is 10.3. The van der Waals surface area contributed by atoms with Crippen molar-refractivity contribution in [2.75, 3.05) is 0 Å². The van der Waals surface area contributed by atoms with Gasteiger partial charge in [0.05, 0.1) is 0 Å². The second-order valence-electron chi connectivity index (χ2n) is 4.36. The summed E-state index contributed by atoms with van der Waals surface area (Å²) in [6.45, 7) is 4.19. The average Bonchev–Trinajstić information content (AvgIpc) is 2.39. The maximum atomic E-state index is 5.35. The maximum Gasteiger partial charge on any atom is -0.00645 e. The molecule has 0 bridgehead atoms. The van der Waals surface area contributed by atoms with Gasteiger partial charge in [-0.05, 0) is 70.8 Å². The molecular weight excluding hydrogens is 296 g/mol. The zero-order valence-electron chi connectivity index (χ0n) is 11.3. The van der Waals surface area contributed by atoms with Crippen molar-refractivity contribution in [2.24, 2.45) is 0 Å². The molecule has 102 valence electrons. The molecule has 0 amide bonds. The second-order valence-corrected chi connectivity index (χ2v) is 6.67. The van der Waals surface area contributed by atoms with E-state index < -0.39 is 0 Å². The van der Waals surface area contributed by atoms with Crippen LogP contribution in [0.4, 0.5) is 0 Å². The lowest BCUT2D eigenvalue weighted by atomic mass is 10.0. The monoisotopic (exact) mass is 318 g/mol. The topological polar surface area (TPSA) is 0 Å². The molecule has 0 fully saturated rings. The molecule has 0 N–H and O–H groups in total. The van der Waals surface area contributed by atoms with Gasteiger partial charge >= 0.3 is 0 Å². The molecule has 0 aliphatic heterocycles. The molecule has 0 heterocycles. The van der Waals surface area contributed by atoms with Crippen LogP contribution in [0.5, 0.6) is 0 Å². The van der Waals surface area contributed by atoms with Crippen LogP contribution in [0.25, 0.3) is 0 Å². The maximum absolute atomic E-state index is 5.35. The molecular formula is C14H22S4. The molecule has 18 heavy (non-hydrogen) atoms. The van der Waals surface area contributed by atoms with E-state index in [1.165, 1.54) is 0 Å². The summed E-state index contributed by atoms with van der Waals surface area (Å²) in [4.78, 5) is 4.44. The Kier molecular flexibility index (Phi) is 11.4. The lowest BCUT2D eigenvalue weighted by molar-refractivity contribution is 1.03. The average molecular weight is 319 g/mol. The largest absolute Gasteiger partial charge is 0.0897 e. The van der Waals surface area contributed by atoms with E-state index in [-0.39, 0.29) is 0 Å². The van der Waals surface area contributed by atoms with E-state index in [2.05, 4.69) is 13.8 Å². The Hall–Kier alpha value is 0.360. The Morgan fingerprint density at radius 1 is 0.500 bits per heavy atom. The van der Waals surface area contributed by atoms with Crippen LogP contribution >= 0.6 is 48.9 Å². The van der Waals surface area contributed by atoms with Crippen LogP contribution in [0, 0.1) is 0 Å². The summed E-state index contributed by atoms with van der Waals surface area (Å²) in [7, 11) is 0. The third-order valence-corrected chi connectivity index (χ3v) is 4.64.